The summed E-state index contributed by atoms with van der Waals surface area (Å²) in [7, 11) is 2.23. The summed E-state index contributed by atoms with van der Waals surface area (Å²) in [6.45, 7) is 3.35. The van der Waals surface area contributed by atoms with Crippen molar-refractivity contribution in [1.29, 1.82) is 0 Å². The van der Waals surface area contributed by atoms with Gasteiger partial charge in [-0.1, -0.05) is 25.8 Å². The number of nitrogens with zero attached hydrogens (tertiary/aromatic N) is 5. The highest BCUT2D eigenvalue weighted by molar-refractivity contribution is 5.93. The number of nitrogen functional groups attached to an aromatic ring is 1. The van der Waals surface area contributed by atoms with Crippen LogP contribution in [0, 0.1) is 5.41 Å². The van der Waals surface area contributed by atoms with Crippen LogP contribution in [0.15, 0.2) is 30.6 Å². The predicted octanol–water partition coefficient (Wildman–Crippen LogP) is 2.60. The van der Waals surface area contributed by atoms with Gasteiger partial charge in [-0.3, -0.25) is 4.79 Å². The number of amides is 1. The third-order valence-corrected chi connectivity index (χ3v) is 7.33. The molecule has 1 saturated carbocycles. The Bertz CT molecular complexity index is 931. The van der Waals surface area contributed by atoms with Crippen LogP contribution in [-0.2, 0) is 0 Å². The van der Waals surface area contributed by atoms with Crippen molar-refractivity contribution in [1.82, 2.24) is 24.8 Å². The number of rotatable bonds is 2. The molecule has 4 heterocycles. The first-order valence-corrected chi connectivity index (χ1v) is 10.6. The lowest BCUT2D eigenvalue weighted by Crippen LogP contribution is -2.51. The molecule has 1 aliphatic carbocycles. The molecule has 7 heteroatoms. The minimum atomic E-state index is 0.0536. The Morgan fingerprint density at radius 3 is 2.66 bits per heavy atom. The second-order valence-corrected chi connectivity index (χ2v) is 9.07. The fourth-order valence-corrected chi connectivity index (χ4v) is 6.11. The molecule has 1 amide bonds. The van der Waals surface area contributed by atoms with Crippen LogP contribution in [0.25, 0.3) is 11.3 Å². The highest BCUT2D eigenvalue weighted by Crippen LogP contribution is 2.53. The number of likely N-dealkylation sites (N-methyl/N-ethyl adjacent to an activating group) is 1. The summed E-state index contributed by atoms with van der Waals surface area (Å²) < 4.78 is 0. The van der Waals surface area contributed by atoms with Crippen LogP contribution < -0.4 is 5.73 Å². The summed E-state index contributed by atoms with van der Waals surface area (Å²) in [6, 6.07) is 6.72. The standard InChI is InChI=1S/C22H28N6O/c1-22-10-15-13-27(2)18(22)8-3-4-9-19(22)28(15)20(29)17-7-5-6-16(26-17)14-11-24-21(23)25-12-14/h5-7,11-12,15,18-19H,3-4,8-10,13H2,1-2H3,(H2,23,24,25)/t15-,18+,19-,22+/m0/s1. The van der Waals surface area contributed by atoms with Crippen molar-refractivity contribution in [3.63, 3.8) is 0 Å². The molecule has 2 saturated heterocycles. The van der Waals surface area contributed by atoms with Crippen LogP contribution in [0.3, 0.4) is 0 Å². The monoisotopic (exact) mass is 392 g/mol. The molecular weight excluding hydrogens is 364 g/mol. The molecule has 3 fully saturated rings. The highest BCUT2D eigenvalue weighted by atomic mass is 16.2. The number of carbonyl (C=O) groups is 1. The van der Waals surface area contributed by atoms with E-state index in [0.717, 1.165) is 24.9 Å². The van der Waals surface area contributed by atoms with Crippen LogP contribution >= 0.6 is 0 Å². The number of hydrogen-bond donors (Lipinski definition) is 1. The van der Waals surface area contributed by atoms with Crippen LogP contribution in [0.2, 0.25) is 0 Å². The topological polar surface area (TPSA) is 88.2 Å². The SMILES string of the molecule is CN1C[C@@H]2C[C@@]3(C)[C@H](CCCC[C@@H]13)N2C(=O)c1cccc(-c2cnc(N)nc2)n1. The maximum atomic E-state index is 13.7. The fourth-order valence-electron chi connectivity index (χ4n) is 6.11. The molecule has 3 aliphatic rings. The lowest BCUT2D eigenvalue weighted by atomic mass is 9.71. The van der Waals surface area contributed by atoms with Crippen molar-refractivity contribution < 1.29 is 4.79 Å². The van der Waals surface area contributed by atoms with Gasteiger partial charge in [-0.25, -0.2) is 15.0 Å². The number of aromatic nitrogens is 3. The summed E-state index contributed by atoms with van der Waals surface area (Å²) in [5.41, 5.74) is 7.72. The van der Waals surface area contributed by atoms with Gasteiger partial charge < -0.3 is 15.5 Å². The third kappa shape index (κ3) is 2.90. The summed E-state index contributed by atoms with van der Waals surface area (Å²) >= 11 is 0. The van der Waals surface area contributed by atoms with E-state index in [2.05, 4.69) is 38.7 Å². The van der Waals surface area contributed by atoms with E-state index in [1.165, 1.54) is 19.3 Å². The molecule has 0 aromatic carbocycles. The molecule has 0 unspecified atom stereocenters. The van der Waals surface area contributed by atoms with Crippen molar-refractivity contribution in [3.05, 3.63) is 36.3 Å². The van der Waals surface area contributed by atoms with Gasteiger partial charge >= 0.3 is 0 Å². The van der Waals surface area contributed by atoms with Crippen molar-refractivity contribution in [2.24, 2.45) is 5.41 Å². The minimum Gasteiger partial charge on any atom is -0.368 e. The molecule has 4 atom stereocenters. The quantitative estimate of drug-likeness (QED) is 0.845. The van der Waals surface area contributed by atoms with Crippen LogP contribution in [-0.4, -0.2) is 62.4 Å². The number of anilines is 1. The molecule has 2 bridgehead atoms. The summed E-state index contributed by atoms with van der Waals surface area (Å²) in [4.78, 5) is 31.1. The van der Waals surface area contributed by atoms with Crippen LogP contribution in [0.1, 0.15) is 49.5 Å². The molecule has 2 aromatic rings. The van der Waals surface area contributed by atoms with Crippen molar-refractivity contribution in [2.45, 2.75) is 57.2 Å². The zero-order valence-corrected chi connectivity index (χ0v) is 17.1. The number of fused-ring (bicyclic) bond motifs is 1. The van der Waals surface area contributed by atoms with E-state index in [1.807, 2.05) is 18.2 Å². The Morgan fingerprint density at radius 1 is 1.17 bits per heavy atom. The Hall–Kier alpha value is -2.54. The average Bonchev–Trinajstić information content (AvgIpc) is 2.83. The fraction of sp³-hybridized carbons (Fsp3) is 0.545. The first-order chi connectivity index (χ1) is 14.0. The van der Waals surface area contributed by atoms with E-state index < -0.39 is 0 Å². The van der Waals surface area contributed by atoms with Crippen molar-refractivity contribution in [3.8, 4) is 11.3 Å². The molecule has 152 valence electrons. The molecule has 2 aliphatic heterocycles. The maximum absolute atomic E-state index is 13.7. The average molecular weight is 393 g/mol. The van der Waals surface area contributed by atoms with Crippen molar-refractivity contribution in [2.75, 3.05) is 19.3 Å². The van der Waals surface area contributed by atoms with E-state index in [4.69, 9.17) is 5.73 Å². The number of carbonyl (C=O) groups excluding carboxylic acids is 1. The molecular formula is C22H28N6O. The lowest BCUT2D eigenvalue weighted by Gasteiger charge is -2.44. The molecule has 29 heavy (non-hydrogen) atoms. The zero-order valence-electron chi connectivity index (χ0n) is 17.1. The van der Waals surface area contributed by atoms with E-state index in [9.17, 15) is 4.79 Å². The Kier molecular flexibility index (Phi) is 4.31. The second kappa shape index (κ2) is 6.76. The summed E-state index contributed by atoms with van der Waals surface area (Å²) in [6.07, 6.45) is 9.17. The van der Waals surface area contributed by atoms with Crippen LogP contribution in [0.4, 0.5) is 5.95 Å². The predicted molar refractivity (Wildman–Crippen MR) is 111 cm³/mol. The molecule has 2 N–H and O–H groups in total. The van der Waals surface area contributed by atoms with Gasteiger partial charge in [0.05, 0.1) is 5.69 Å². The highest BCUT2D eigenvalue weighted by Gasteiger charge is 2.59. The van der Waals surface area contributed by atoms with Gasteiger partial charge in [-0.05, 0) is 38.4 Å². The van der Waals surface area contributed by atoms with E-state index >= 15 is 0 Å². The molecule has 7 nitrogen and oxygen atoms in total. The molecule has 2 aromatic heterocycles. The van der Waals surface area contributed by atoms with E-state index in [0.29, 0.717) is 23.5 Å². The molecule has 5 rings (SSSR count). The van der Waals surface area contributed by atoms with Crippen molar-refractivity contribution >= 4 is 11.9 Å². The molecule has 0 radical (unpaired) electrons. The Labute approximate surface area is 171 Å². The number of nitrogens with two attached hydrogens (primary N) is 1. The van der Waals surface area contributed by atoms with E-state index in [1.54, 1.807) is 12.4 Å². The van der Waals surface area contributed by atoms with Gasteiger partial charge in [0, 0.05) is 48.0 Å². The van der Waals surface area contributed by atoms with Gasteiger partial charge in [-0.15, -0.1) is 0 Å². The lowest BCUT2D eigenvalue weighted by molar-refractivity contribution is 0.0576. The minimum absolute atomic E-state index is 0.0536. The first-order valence-electron chi connectivity index (χ1n) is 10.6. The maximum Gasteiger partial charge on any atom is 0.273 e. The van der Waals surface area contributed by atoms with Gasteiger partial charge in [0.15, 0.2) is 0 Å². The first kappa shape index (κ1) is 18.5. The smallest absolute Gasteiger partial charge is 0.273 e. The summed E-state index contributed by atoms with van der Waals surface area (Å²) in [5, 5.41) is 0. The van der Waals surface area contributed by atoms with E-state index in [-0.39, 0.29) is 23.3 Å². The number of likely N-dealkylation sites (tertiary alicyclic amines) is 2. The number of pyridine rings is 1. The van der Waals surface area contributed by atoms with Gasteiger partial charge in [0.25, 0.3) is 5.91 Å². The van der Waals surface area contributed by atoms with Gasteiger partial charge in [0.2, 0.25) is 5.95 Å². The van der Waals surface area contributed by atoms with Gasteiger partial charge in [0.1, 0.15) is 5.69 Å². The largest absolute Gasteiger partial charge is 0.368 e. The molecule has 0 spiro atoms. The normalized spacial score (nSPS) is 31.5. The second-order valence-electron chi connectivity index (χ2n) is 9.07. The number of piperidine rings is 1. The van der Waals surface area contributed by atoms with Gasteiger partial charge in [-0.2, -0.15) is 0 Å². The van der Waals surface area contributed by atoms with Crippen LogP contribution in [0.5, 0.6) is 0 Å². The Balaban J connectivity index is 1.49. The number of hydrogen-bond acceptors (Lipinski definition) is 6. The third-order valence-electron chi connectivity index (χ3n) is 7.33. The summed E-state index contributed by atoms with van der Waals surface area (Å²) in [5.74, 6) is 0.281. The Morgan fingerprint density at radius 2 is 1.90 bits per heavy atom. The zero-order chi connectivity index (χ0) is 20.2.